The van der Waals surface area contributed by atoms with Crippen LogP contribution in [0.3, 0.4) is 0 Å². The molecule has 4 rings (SSSR count). The first-order valence-corrected chi connectivity index (χ1v) is 13.1. The minimum atomic E-state index is -1.26. The van der Waals surface area contributed by atoms with Gasteiger partial charge in [-0.15, -0.1) is 10.2 Å². The van der Waals surface area contributed by atoms with Crippen LogP contribution in [0.1, 0.15) is 44.5 Å². The van der Waals surface area contributed by atoms with Crippen LogP contribution in [0.25, 0.3) is 0 Å². The number of hydrogen-bond acceptors (Lipinski definition) is 11. The highest BCUT2D eigenvalue weighted by atomic mass is 16.4. The van der Waals surface area contributed by atoms with Crippen molar-refractivity contribution < 1.29 is 24.3 Å². The SMILES string of the molecule is CC[C@H](C)[C@H](Nc1ncccn1)C(=O)NC(CCC(=O)O)C(=O)N1c2ncccc2C[C@H]1C(=O)NCc1nn[nH]n1. The molecule has 16 heteroatoms. The van der Waals surface area contributed by atoms with E-state index in [2.05, 4.69) is 51.5 Å². The van der Waals surface area contributed by atoms with Crippen LogP contribution in [0.4, 0.5) is 11.8 Å². The summed E-state index contributed by atoms with van der Waals surface area (Å²) in [6.07, 6.45) is 4.75. The van der Waals surface area contributed by atoms with Crippen LogP contribution in [0, 0.1) is 5.92 Å². The molecule has 1 aliphatic rings. The molecule has 0 aromatic carbocycles. The van der Waals surface area contributed by atoms with Crippen LogP contribution >= 0.6 is 0 Å². The first-order chi connectivity index (χ1) is 19.8. The standard InChI is InChI=1S/C25H31N11O5/c1-3-14(2)20(31-25-27-10-5-11-28-25)23(40)30-16(7-8-19(37)38)24(41)36-17(12-15-6-4-9-26-21(15)36)22(39)29-13-18-32-34-35-33-18/h4-6,9-11,14,16-17,20H,3,7-8,12-13H2,1-2H3,(H,29,39)(H,30,40)(H,37,38)(H,27,28,31)(H,32,33,34,35)/t14-,16?,17-,20-/m0/s1. The Kier molecular flexibility index (Phi) is 9.44. The molecule has 0 fully saturated rings. The number of H-pyrrole nitrogens is 1. The summed E-state index contributed by atoms with van der Waals surface area (Å²) >= 11 is 0. The van der Waals surface area contributed by atoms with Crippen molar-refractivity contribution in [2.24, 2.45) is 5.92 Å². The number of carbonyl (C=O) groups is 4. The van der Waals surface area contributed by atoms with Gasteiger partial charge in [0.25, 0.3) is 5.91 Å². The molecule has 0 bridgehead atoms. The van der Waals surface area contributed by atoms with E-state index in [1.807, 2.05) is 13.8 Å². The smallest absolute Gasteiger partial charge is 0.303 e. The van der Waals surface area contributed by atoms with Gasteiger partial charge in [-0.3, -0.25) is 24.1 Å². The van der Waals surface area contributed by atoms with Crippen molar-refractivity contribution in [3.8, 4) is 0 Å². The number of aliphatic carboxylic acids is 1. The summed E-state index contributed by atoms with van der Waals surface area (Å²) < 4.78 is 0. The second kappa shape index (κ2) is 13.4. The maximum absolute atomic E-state index is 14.0. The lowest BCUT2D eigenvalue weighted by Crippen LogP contribution is -2.57. The molecule has 0 aliphatic carbocycles. The molecule has 4 heterocycles. The topological polar surface area (TPSA) is 221 Å². The van der Waals surface area contributed by atoms with E-state index in [-0.39, 0.29) is 42.9 Å². The summed E-state index contributed by atoms with van der Waals surface area (Å²) in [5.74, 6) is -2.26. The summed E-state index contributed by atoms with van der Waals surface area (Å²) in [7, 11) is 0. The number of amides is 3. The average molecular weight is 566 g/mol. The molecule has 0 saturated carbocycles. The molecule has 16 nitrogen and oxygen atoms in total. The Bertz CT molecular complexity index is 1350. The second-order valence-electron chi connectivity index (χ2n) is 9.53. The third kappa shape index (κ3) is 7.14. The first-order valence-electron chi connectivity index (χ1n) is 13.1. The second-order valence-corrected chi connectivity index (χ2v) is 9.53. The van der Waals surface area contributed by atoms with E-state index in [1.165, 1.54) is 23.5 Å². The fourth-order valence-electron chi connectivity index (χ4n) is 4.43. The Hall–Kier alpha value is -5.02. The quantitative estimate of drug-likeness (QED) is 0.182. The van der Waals surface area contributed by atoms with Gasteiger partial charge < -0.3 is 21.1 Å². The highest BCUT2D eigenvalue weighted by molar-refractivity contribution is 6.06. The molecule has 0 radical (unpaired) electrons. The highest BCUT2D eigenvalue weighted by Crippen LogP contribution is 2.31. The molecule has 4 atom stereocenters. The van der Waals surface area contributed by atoms with E-state index >= 15 is 0 Å². The zero-order valence-electron chi connectivity index (χ0n) is 22.5. The summed E-state index contributed by atoms with van der Waals surface area (Å²) in [6, 6.07) is 2.01. The van der Waals surface area contributed by atoms with Gasteiger partial charge in [-0.25, -0.2) is 15.0 Å². The van der Waals surface area contributed by atoms with Crippen LogP contribution in [-0.4, -0.2) is 82.5 Å². The Morgan fingerprint density at radius 2 is 1.90 bits per heavy atom. The minimum Gasteiger partial charge on any atom is -0.481 e. The predicted octanol–water partition coefficient (Wildman–Crippen LogP) is -0.165. The van der Waals surface area contributed by atoms with Gasteiger partial charge >= 0.3 is 5.97 Å². The normalized spacial score (nSPS) is 16.2. The number of tetrazole rings is 1. The molecule has 3 aromatic rings. The van der Waals surface area contributed by atoms with E-state index in [0.29, 0.717) is 12.0 Å². The Labute approximate surface area is 234 Å². The third-order valence-corrected chi connectivity index (χ3v) is 6.78. The number of pyridine rings is 1. The summed E-state index contributed by atoms with van der Waals surface area (Å²) in [6.45, 7) is 3.75. The summed E-state index contributed by atoms with van der Waals surface area (Å²) in [4.78, 5) is 66.1. The molecule has 3 aromatic heterocycles. The highest BCUT2D eigenvalue weighted by Gasteiger charge is 2.42. The maximum atomic E-state index is 14.0. The van der Waals surface area contributed by atoms with Gasteiger partial charge in [0.05, 0.1) is 6.54 Å². The van der Waals surface area contributed by atoms with E-state index in [0.717, 1.165) is 0 Å². The van der Waals surface area contributed by atoms with Crippen LogP contribution in [0.2, 0.25) is 0 Å². The van der Waals surface area contributed by atoms with E-state index in [1.54, 1.807) is 18.2 Å². The van der Waals surface area contributed by atoms with Crippen LogP contribution < -0.4 is 20.9 Å². The molecule has 0 spiro atoms. The lowest BCUT2D eigenvalue weighted by molar-refractivity contribution is -0.138. The van der Waals surface area contributed by atoms with Crippen molar-refractivity contribution in [1.82, 2.24) is 46.2 Å². The minimum absolute atomic E-state index is 0.0272. The van der Waals surface area contributed by atoms with Crippen molar-refractivity contribution in [3.05, 3.63) is 48.2 Å². The molecule has 41 heavy (non-hydrogen) atoms. The monoisotopic (exact) mass is 565 g/mol. The molecule has 1 aliphatic heterocycles. The maximum Gasteiger partial charge on any atom is 0.303 e. The van der Waals surface area contributed by atoms with E-state index in [9.17, 15) is 24.3 Å². The molecule has 5 N–H and O–H groups in total. The number of nitrogens with one attached hydrogen (secondary N) is 4. The summed E-state index contributed by atoms with van der Waals surface area (Å²) in [5, 5.41) is 31.2. The number of carbonyl (C=O) groups excluding carboxylic acids is 3. The average Bonchev–Trinajstić information content (AvgIpc) is 3.64. The van der Waals surface area contributed by atoms with E-state index < -0.39 is 48.2 Å². The molecule has 1 unspecified atom stereocenters. The fourth-order valence-corrected chi connectivity index (χ4v) is 4.43. The van der Waals surface area contributed by atoms with Gasteiger partial charge in [0.15, 0.2) is 5.82 Å². The molecular weight excluding hydrogens is 534 g/mol. The van der Waals surface area contributed by atoms with Gasteiger partial charge in [0.1, 0.15) is 23.9 Å². The summed E-state index contributed by atoms with van der Waals surface area (Å²) in [5.41, 5.74) is 0.657. The number of anilines is 2. The first kappa shape index (κ1) is 29.0. The van der Waals surface area contributed by atoms with Crippen molar-refractivity contribution in [1.29, 1.82) is 0 Å². The predicted molar refractivity (Wildman–Crippen MR) is 143 cm³/mol. The van der Waals surface area contributed by atoms with Crippen LogP contribution in [0.15, 0.2) is 36.8 Å². The lowest BCUT2D eigenvalue weighted by Gasteiger charge is -2.30. The van der Waals surface area contributed by atoms with Crippen LogP contribution in [-0.2, 0) is 32.1 Å². The van der Waals surface area contributed by atoms with Gasteiger partial charge in [-0.05, 0) is 30.0 Å². The van der Waals surface area contributed by atoms with Crippen molar-refractivity contribution in [2.45, 2.75) is 64.2 Å². The number of nitrogens with zero attached hydrogens (tertiary/aromatic N) is 7. The Balaban J connectivity index is 1.59. The molecule has 216 valence electrons. The van der Waals surface area contributed by atoms with Crippen molar-refractivity contribution in [3.63, 3.8) is 0 Å². The zero-order chi connectivity index (χ0) is 29.4. The lowest BCUT2D eigenvalue weighted by atomic mass is 9.97. The molecular formula is C25H31N11O5. The number of carboxylic acids is 1. The third-order valence-electron chi connectivity index (χ3n) is 6.78. The number of fused-ring (bicyclic) bond motifs is 1. The van der Waals surface area contributed by atoms with Gasteiger partial charge in [0, 0.05) is 31.4 Å². The van der Waals surface area contributed by atoms with Crippen molar-refractivity contribution in [2.75, 3.05) is 10.2 Å². The fraction of sp³-hybridized carbons (Fsp3) is 0.440. The molecule has 0 saturated heterocycles. The van der Waals surface area contributed by atoms with Crippen molar-refractivity contribution >= 4 is 35.5 Å². The van der Waals surface area contributed by atoms with Gasteiger partial charge in [-0.1, -0.05) is 31.5 Å². The van der Waals surface area contributed by atoms with Crippen LogP contribution in [0.5, 0.6) is 0 Å². The largest absolute Gasteiger partial charge is 0.481 e. The number of aromatic amines is 1. The number of rotatable bonds is 13. The number of aromatic nitrogens is 7. The van der Waals surface area contributed by atoms with Gasteiger partial charge in [-0.2, -0.15) is 5.21 Å². The van der Waals surface area contributed by atoms with E-state index in [4.69, 9.17) is 0 Å². The Morgan fingerprint density at radius 3 is 2.59 bits per heavy atom. The number of carboxylic acid groups (broad SMARTS) is 1. The zero-order valence-corrected chi connectivity index (χ0v) is 22.5. The number of hydrogen-bond donors (Lipinski definition) is 5. The molecule has 3 amide bonds. The Morgan fingerprint density at radius 1 is 1.15 bits per heavy atom. The van der Waals surface area contributed by atoms with Gasteiger partial charge in [0.2, 0.25) is 17.8 Å².